The van der Waals surface area contributed by atoms with Crippen LogP contribution in [0.3, 0.4) is 0 Å². The van der Waals surface area contributed by atoms with E-state index in [9.17, 15) is 4.79 Å². The van der Waals surface area contributed by atoms with Gasteiger partial charge in [-0.2, -0.15) is 0 Å². The lowest BCUT2D eigenvalue weighted by atomic mass is 10.1. The van der Waals surface area contributed by atoms with Gasteiger partial charge in [-0.15, -0.1) is 0 Å². The van der Waals surface area contributed by atoms with Crippen LogP contribution in [-0.2, 0) is 4.79 Å². The number of aliphatic carboxylic acids is 1. The zero-order chi connectivity index (χ0) is 9.56. The second-order valence-corrected chi connectivity index (χ2v) is 2.84. The molecule has 0 heterocycles. The predicted octanol–water partition coefficient (Wildman–Crippen LogP) is 0.210. The average Bonchev–Trinajstić information content (AvgIpc) is 2.03. The van der Waals surface area contributed by atoms with E-state index in [0.717, 1.165) is 6.42 Å². The summed E-state index contributed by atoms with van der Waals surface area (Å²) in [5.74, 6) is -0.855. The summed E-state index contributed by atoms with van der Waals surface area (Å²) in [5.41, 5.74) is 0. The van der Waals surface area contributed by atoms with Crippen molar-refractivity contribution in [3.8, 4) is 0 Å². The Morgan fingerprint density at radius 3 is 2.50 bits per heavy atom. The Morgan fingerprint density at radius 1 is 1.58 bits per heavy atom. The van der Waals surface area contributed by atoms with Crippen LogP contribution in [0.1, 0.15) is 26.7 Å². The van der Waals surface area contributed by atoms with E-state index < -0.39 is 12.0 Å². The molecule has 0 amide bonds. The van der Waals surface area contributed by atoms with Crippen molar-refractivity contribution in [1.29, 1.82) is 0 Å². The molecule has 0 aromatic rings. The molecule has 0 radical (unpaired) electrons. The van der Waals surface area contributed by atoms with Gasteiger partial charge < -0.3 is 15.5 Å². The fourth-order valence-corrected chi connectivity index (χ4v) is 0.986. The van der Waals surface area contributed by atoms with Crippen LogP contribution in [0.2, 0.25) is 0 Å². The first-order valence-electron chi connectivity index (χ1n) is 4.21. The van der Waals surface area contributed by atoms with Gasteiger partial charge in [0, 0.05) is 12.6 Å². The smallest absolute Gasteiger partial charge is 0.320 e. The normalized spacial score (nSPS) is 15.6. The summed E-state index contributed by atoms with van der Waals surface area (Å²) < 4.78 is 0. The minimum absolute atomic E-state index is 0.0951. The number of rotatable bonds is 6. The first kappa shape index (κ1) is 11.4. The van der Waals surface area contributed by atoms with Gasteiger partial charge in [-0.05, 0) is 19.8 Å². The molecule has 0 aromatic heterocycles. The Bertz CT molecular complexity index is 138. The van der Waals surface area contributed by atoms with Crippen LogP contribution in [0.15, 0.2) is 0 Å². The Hall–Kier alpha value is -0.610. The molecule has 0 spiro atoms. The van der Waals surface area contributed by atoms with E-state index in [1.165, 1.54) is 0 Å². The number of hydrogen-bond acceptors (Lipinski definition) is 3. The minimum atomic E-state index is -0.855. The van der Waals surface area contributed by atoms with Crippen molar-refractivity contribution in [2.45, 2.75) is 38.8 Å². The second kappa shape index (κ2) is 5.97. The highest BCUT2D eigenvalue weighted by Crippen LogP contribution is 1.98. The van der Waals surface area contributed by atoms with Crippen LogP contribution in [0, 0.1) is 0 Å². The van der Waals surface area contributed by atoms with Crippen LogP contribution in [0.5, 0.6) is 0 Å². The predicted molar refractivity (Wildman–Crippen MR) is 46.0 cm³/mol. The third kappa shape index (κ3) is 4.31. The van der Waals surface area contributed by atoms with Gasteiger partial charge in [0.2, 0.25) is 0 Å². The van der Waals surface area contributed by atoms with Crippen molar-refractivity contribution in [1.82, 2.24) is 5.32 Å². The molecule has 0 aromatic carbocycles. The number of hydrogen-bond donors (Lipinski definition) is 3. The molecular weight excluding hydrogens is 158 g/mol. The summed E-state index contributed by atoms with van der Waals surface area (Å²) >= 11 is 0. The topological polar surface area (TPSA) is 69.6 Å². The second-order valence-electron chi connectivity index (χ2n) is 2.84. The molecule has 0 aliphatic rings. The quantitative estimate of drug-likeness (QED) is 0.539. The molecule has 0 rings (SSSR count). The molecule has 4 heteroatoms. The van der Waals surface area contributed by atoms with E-state index in [-0.39, 0.29) is 12.6 Å². The third-order valence-electron chi connectivity index (χ3n) is 1.83. The SMILES string of the molecule is CCC(CCO)NC(C)C(=O)O. The van der Waals surface area contributed by atoms with E-state index in [1.54, 1.807) is 6.92 Å². The zero-order valence-corrected chi connectivity index (χ0v) is 7.58. The molecule has 2 unspecified atom stereocenters. The van der Waals surface area contributed by atoms with E-state index >= 15 is 0 Å². The Kier molecular flexibility index (Phi) is 5.66. The van der Waals surface area contributed by atoms with Crippen molar-refractivity contribution in [2.75, 3.05) is 6.61 Å². The summed E-state index contributed by atoms with van der Waals surface area (Å²) in [6.45, 7) is 3.65. The zero-order valence-electron chi connectivity index (χ0n) is 7.58. The lowest BCUT2D eigenvalue weighted by Crippen LogP contribution is -2.41. The monoisotopic (exact) mass is 175 g/mol. The Balaban J connectivity index is 3.76. The number of aliphatic hydroxyl groups is 1. The van der Waals surface area contributed by atoms with Crippen molar-refractivity contribution in [3.63, 3.8) is 0 Å². The molecule has 12 heavy (non-hydrogen) atoms. The molecule has 0 bridgehead atoms. The highest BCUT2D eigenvalue weighted by molar-refractivity contribution is 5.72. The molecule has 3 N–H and O–H groups in total. The van der Waals surface area contributed by atoms with E-state index in [4.69, 9.17) is 10.2 Å². The van der Waals surface area contributed by atoms with Gasteiger partial charge in [-0.1, -0.05) is 6.92 Å². The highest BCUT2D eigenvalue weighted by atomic mass is 16.4. The van der Waals surface area contributed by atoms with Gasteiger partial charge in [0.15, 0.2) is 0 Å². The van der Waals surface area contributed by atoms with E-state index in [2.05, 4.69) is 5.32 Å². The highest BCUT2D eigenvalue weighted by Gasteiger charge is 2.14. The average molecular weight is 175 g/mol. The number of nitrogens with one attached hydrogen (secondary N) is 1. The van der Waals surface area contributed by atoms with Gasteiger partial charge in [0.25, 0.3) is 0 Å². The Labute approximate surface area is 72.6 Å². The Morgan fingerprint density at radius 2 is 2.17 bits per heavy atom. The lowest BCUT2D eigenvalue weighted by Gasteiger charge is -2.18. The van der Waals surface area contributed by atoms with Crippen molar-refractivity contribution < 1.29 is 15.0 Å². The van der Waals surface area contributed by atoms with Crippen molar-refractivity contribution in [3.05, 3.63) is 0 Å². The van der Waals surface area contributed by atoms with Gasteiger partial charge in [0.1, 0.15) is 6.04 Å². The molecule has 4 nitrogen and oxygen atoms in total. The maximum Gasteiger partial charge on any atom is 0.320 e. The summed E-state index contributed by atoms with van der Waals surface area (Å²) in [6.07, 6.45) is 1.44. The maximum atomic E-state index is 10.4. The molecular formula is C8H17NO3. The first-order chi connectivity index (χ1) is 5.61. The lowest BCUT2D eigenvalue weighted by molar-refractivity contribution is -0.139. The van der Waals surface area contributed by atoms with Crippen LogP contribution in [0.4, 0.5) is 0 Å². The molecule has 2 atom stereocenters. The fraction of sp³-hybridized carbons (Fsp3) is 0.875. The standard InChI is InChI=1S/C8H17NO3/c1-3-7(4-5-10)9-6(2)8(11)12/h6-7,9-10H,3-5H2,1-2H3,(H,11,12). The van der Waals surface area contributed by atoms with E-state index in [1.807, 2.05) is 6.92 Å². The summed E-state index contributed by atoms with van der Waals surface area (Å²) in [5, 5.41) is 20.1. The summed E-state index contributed by atoms with van der Waals surface area (Å²) in [6, 6.07) is -0.442. The molecule has 0 aliphatic heterocycles. The third-order valence-corrected chi connectivity index (χ3v) is 1.83. The molecule has 0 saturated heterocycles. The van der Waals surface area contributed by atoms with Gasteiger partial charge in [0.05, 0.1) is 0 Å². The molecule has 72 valence electrons. The summed E-state index contributed by atoms with van der Waals surface area (Å²) in [7, 11) is 0. The van der Waals surface area contributed by atoms with Crippen molar-refractivity contribution in [2.24, 2.45) is 0 Å². The van der Waals surface area contributed by atoms with Gasteiger partial charge in [-0.3, -0.25) is 4.79 Å². The molecule has 0 aliphatic carbocycles. The van der Waals surface area contributed by atoms with Gasteiger partial charge in [-0.25, -0.2) is 0 Å². The van der Waals surface area contributed by atoms with Crippen molar-refractivity contribution >= 4 is 5.97 Å². The van der Waals surface area contributed by atoms with E-state index in [0.29, 0.717) is 6.42 Å². The number of carboxylic acid groups (broad SMARTS) is 1. The van der Waals surface area contributed by atoms with Crippen LogP contribution in [0.25, 0.3) is 0 Å². The van der Waals surface area contributed by atoms with Crippen LogP contribution < -0.4 is 5.32 Å². The first-order valence-corrected chi connectivity index (χ1v) is 4.21. The van der Waals surface area contributed by atoms with Gasteiger partial charge >= 0.3 is 5.97 Å². The van der Waals surface area contributed by atoms with Crippen LogP contribution in [-0.4, -0.2) is 34.9 Å². The number of carbonyl (C=O) groups is 1. The summed E-state index contributed by atoms with van der Waals surface area (Å²) in [4.78, 5) is 10.4. The minimum Gasteiger partial charge on any atom is -0.480 e. The fourth-order valence-electron chi connectivity index (χ4n) is 0.986. The molecule has 0 fully saturated rings. The van der Waals surface area contributed by atoms with Crippen LogP contribution >= 0.6 is 0 Å². The number of aliphatic hydroxyl groups excluding tert-OH is 1. The maximum absolute atomic E-state index is 10.4. The molecule has 0 saturated carbocycles. The largest absolute Gasteiger partial charge is 0.480 e. The number of carboxylic acids is 1.